The molecule has 0 radical (unpaired) electrons. The highest BCUT2D eigenvalue weighted by atomic mass is 79.9. The van der Waals surface area contributed by atoms with Crippen LogP contribution in [0.2, 0.25) is 0 Å². The minimum Gasteiger partial charge on any atom is -0.349 e. The summed E-state index contributed by atoms with van der Waals surface area (Å²) < 4.78 is 7.16. The maximum Gasteiger partial charge on any atom is 0.152 e. The van der Waals surface area contributed by atoms with Crippen LogP contribution in [0.4, 0.5) is 0 Å². The molecule has 78 valence electrons. The number of halogens is 1. The molecular weight excluding hydrogens is 262 g/mol. The first kappa shape index (κ1) is 10.6. The third kappa shape index (κ3) is 1.89. The summed E-state index contributed by atoms with van der Waals surface area (Å²) in [4.78, 5) is 1.22. The summed E-state index contributed by atoms with van der Waals surface area (Å²) in [6.45, 7) is 7.18. The molecule has 0 spiro atoms. The van der Waals surface area contributed by atoms with Gasteiger partial charge >= 0.3 is 0 Å². The Balaban J connectivity index is 2.27. The molecule has 14 heavy (non-hydrogen) atoms. The van der Waals surface area contributed by atoms with Crippen molar-refractivity contribution >= 4 is 27.3 Å². The van der Waals surface area contributed by atoms with Gasteiger partial charge in [-0.3, -0.25) is 5.32 Å². The van der Waals surface area contributed by atoms with Crippen LogP contribution in [0.5, 0.6) is 0 Å². The molecule has 1 aromatic rings. The Bertz CT molecular complexity index is 350. The molecule has 1 unspecified atom stereocenters. The van der Waals surface area contributed by atoms with Crippen LogP contribution < -0.4 is 5.32 Å². The van der Waals surface area contributed by atoms with Gasteiger partial charge in [0, 0.05) is 6.54 Å². The van der Waals surface area contributed by atoms with Crippen LogP contribution in [0.25, 0.3) is 0 Å². The number of hydrogen-bond acceptors (Lipinski definition) is 3. The van der Waals surface area contributed by atoms with Crippen molar-refractivity contribution in [2.24, 2.45) is 0 Å². The van der Waals surface area contributed by atoms with Gasteiger partial charge in [-0.1, -0.05) is 0 Å². The van der Waals surface area contributed by atoms with Crippen molar-refractivity contribution in [1.29, 1.82) is 0 Å². The minimum absolute atomic E-state index is 0.0782. The SMILES string of the molecule is CC1(C)CNC(C)(c2ccc(Br)s2)O1. The molecule has 0 saturated carbocycles. The van der Waals surface area contributed by atoms with Gasteiger partial charge < -0.3 is 4.74 Å². The van der Waals surface area contributed by atoms with Gasteiger partial charge in [-0.15, -0.1) is 11.3 Å². The third-order valence-corrected chi connectivity index (χ3v) is 4.20. The smallest absolute Gasteiger partial charge is 0.152 e. The predicted octanol–water partition coefficient (Wildman–Crippen LogP) is 3.08. The number of hydrogen-bond donors (Lipinski definition) is 1. The van der Waals surface area contributed by atoms with E-state index in [1.807, 2.05) is 0 Å². The molecule has 1 saturated heterocycles. The zero-order valence-corrected chi connectivity index (χ0v) is 11.0. The average molecular weight is 276 g/mol. The Kier molecular flexibility index (Phi) is 2.50. The van der Waals surface area contributed by atoms with Crippen LogP contribution in [0.15, 0.2) is 15.9 Å². The summed E-state index contributed by atoms with van der Waals surface area (Å²) in [5.74, 6) is 0. The highest BCUT2D eigenvalue weighted by molar-refractivity contribution is 9.11. The van der Waals surface area contributed by atoms with E-state index in [0.29, 0.717) is 0 Å². The quantitative estimate of drug-likeness (QED) is 0.851. The fourth-order valence-corrected chi connectivity index (χ4v) is 3.16. The average Bonchev–Trinajstić information content (AvgIpc) is 2.57. The first-order valence-electron chi connectivity index (χ1n) is 4.62. The summed E-state index contributed by atoms with van der Waals surface area (Å²) in [7, 11) is 0. The molecule has 2 rings (SSSR count). The fourth-order valence-electron chi connectivity index (χ4n) is 1.71. The Morgan fingerprint density at radius 1 is 1.43 bits per heavy atom. The van der Waals surface area contributed by atoms with E-state index < -0.39 is 0 Å². The maximum atomic E-state index is 6.01. The van der Waals surface area contributed by atoms with E-state index in [1.165, 1.54) is 4.88 Å². The molecule has 1 aliphatic rings. The standard InChI is InChI=1S/C10H14BrNOS/c1-9(2)6-12-10(3,13-9)7-4-5-8(11)14-7/h4-5,12H,6H2,1-3H3. The molecule has 1 aromatic heterocycles. The topological polar surface area (TPSA) is 21.3 Å². The molecule has 1 fully saturated rings. The summed E-state index contributed by atoms with van der Waals surface area (Å²) >= 11 is 5.18. The van der Waals surface area contributed by atoms with Gasteiger partial charge in [0.25, 0.3) is 0 Å². The number of rotatable bonds is 1. The van der Waals surface area contributed by atoms with Crippen molar-refractivity contribution in [3.8, 4) is 0 Å². The van der Waals surface area contributed by atoms with Crippen molar-refractivity contribution in [2.75, 3.05) is 6.54 Å². The molecule has 0 amide bonds. The normalized spacial score (nSPS) is 30.9. The van der Waals surface area contributed by atoms with Gasteiger partial charge in [-0.25, -0.2) is 0 Å². The second kappa shape index (κ2) is 3.30. The van der Waals surface area contributed by atoms with Crippen LogP contribution in [0.1, 0.15) is 25.6 Å². The summed E-state index contributed by atoms with van der Waals surface area (Å²) in [6.07, 6.45) is 0. The van der Waals surface area contributed by atoms with Gasteiger partial charge in [-0.05, 0) is 48.8 Å². The molecule has 1 atom stereocenters. The van der Waals surface area contributed by atoms with Crippen molar-refractivity contribution < 1.29 is 4.74 Å². The molecule has 4 heteroatoms. The highest BCUT2D eigenvalue weighted by Gasteiger charge is 2.42. The van der Waals surface area contributed by atoms with Crippen molar-refractivity contribution in [3.63, 3.8) is 0 Å². The van der Waals surface area contributed by atoms with Crippen LogP contribution in [0.3, 0.4) is 0 Å². The van der Waals surface area contributed by atoms with Crippen LogP contribution in [0, 0.1) is 0 Å². The zero-order chi connectivity index (χ0) is 10.4. The number of thiophene rings is 1. The summed E-state index contributed by atoms with van der Waals surface area (Å²) in [5.41, 5.74) is -0.397. The first-order valence-corrected chi connectivity index (χ1v) is 6.23. The zero-order valence-electron chi connectivity index (χ0n) is 8.56. The van der Waals surface area contributed by atoms with Crippen LogP contribution >= 0.6 is 27.3 Å². The molecule has 0 bridgehead atoms. The molecule has 1 aliphatic heterocycles. The van der Waals surface area contributed by atoms with Crippen molar-refractivity contribution in [3.05, 3.63) is 20.8 Å². The highest BCUT2D eigenvalue weighted by Crippen LogP contribution is 2.38. The van der Waals surface area contributed by atoms with Crippen molar-refractivity contribution in [1.82, 2.24) is 5.32 Å². The molecule has 1 N–H and O–H groups in total. The van der Waals surface area contributed by atoms with Gasteiger partial charge in [0.05, 0.1) is 14.3 Å². The van der Waals surface area contributed by atoms with Crippen LogP contribution in [-0.4, -0.2) is 12.1 Å². The third-order valence-electron chi connectivity index (χ3n) is 2.38. The Morgan fingerprint density at radius 2 is 2.14 bits per heavy atom. The molecule has 2 heterocycles. The van der Waals surface area contributed by atoms with E-state index in [2.05, 4.69) is 54.2 Å². The second-order valence-corrected chi connectivity index (χ2v) is 6.82. The molecule has 2 nitrogen and oxygen atoms in total. The van der Waals surface area contributed by atoms with Gasteiger partial charge in [0.1, 0.15) is 0 Å². The molecular formula is C10H14BrNOS. The van der Waals surface area contributed by atoms with E-state index in [1.54, 1.807) is 11.3 Å². The van der Waals surface area contributed by atoms with E-state index in [4.69, 9.17) is 4.74 Å². The minimum atomic E-state index is -0.319. The lowest BCUT2D eigenvalue weighted by Crippen LogP contribution is -2.33. The Hall–Kier alpha value is 0.1000. The predicted molar refractivity (Wildman–Crippen MR) is 62.5 cm³/mol. The Labute approximate surface area is 96.8 Å². The summed E-state index contributed by atoms with van der Waals surface area (Å²) in [5, 5.41) is 3.42. The lowest BCUT2D eigenvalue weighted by atomic mass is 10.1. The molecule has 0 aliphatic carbocycles. The lowest BCUT2D eigenvalue weighted by Gasteiger charge is -2.25. The monoisotopic (exact) mass is 275 g/mol. The Morgan fingerprint density at radius 3 is 2.57 bits per heavy atom. The second-order valence-electron chi connectivity index (χ2n) is 4.35. The maximum absolute atomic E-state index is 6.01. The van der Waals surface area contributed by atoms with E-state index in [-0.39, 0.29) is 11.3 Å². The molecule has 0 aromatic carbocycles. The lowest BCUT2D eigenvalue weighted by molar-refractivity contribution is -0.0817. The van der Waals surface area contributed by atoms with Crippen molar-refractivity contribution in [2.45, 2.75) is 32.1 Å². The first-order chi connectivity index (χ1) is 6.41. The van der Waals surface area contributed by atoms with Gasteiger partial charge in [0.2, 0.25) is 0 Å². The van der Waals surface area contributed by atoms with Gasteiger partial charge in [0.15, 0.2) is 5.72 Å². The van der Waals surface area contributed by atoms with E-state index in [9.17, 15) is 0 Å². The van der Waals surface area contributed by atoms with Crippen LogP contribution in [-0.2, 0) is 10.5 Å². The summed E-state index contributed by atoms with van der Waals surface area (Å²) in [6, 6.07) is 4.16. The van der Waals surface area contributed by atoms with Gasteiger partial charge in [-0.2, -0.15) is 0 Å². The number of ether oxygens (including phenoxy) is 1. The van der Waals surface area contributed by atoms with E-state index >= 15 is 0 Å². The largest absolute Gasteiger partial charge is 0.349 e. The van der Waals surface area contributed by atoms with E-state index in [0.717, 1.165) is 10.3 Å². The number of nitrogens with one attached hydrogen (secondary N) is 1. The fraction of sp³-hybridized carbons (Fsp3) is 0.600.